The monoisotopic (exact) mass is 275 g/mol. The molecule has 0 bridgehead atoms. The van der Waals surface area contributed by atoms with Crippen LogP contribution in [0, 0.1) is 12.3 Å². The average Bonchev–Trinajstić information content (AvgIpc) is 2.76. The number of aryl methyl sites for hydroxylation is 1. The van der Waals surface area contributed by atoms with Gasteiger partial charge < -0.3 is 15.2 Å². The van der Waals surface area contributed by atoms with Crippen molar-refractivity contribution in [3.8, 4) is 11.5 Å². The molecule has 1 fully saturated rings. The molecule has 1 aromatic rings. The Hall–Kier alpha value is -1.22. The van der Waals surface area contributed by atoms with Gasteiger partial charge in [-0.3, -0.25) is 0 Å². The Kier molecular flexibility index (Phi) is 3.20. The van der Waals surface area contributed by atoms with E-state index in [1.54, 1.807) is 0 Å². The zero-order valence-corrected chi connectivity index (χ0v) is 12.8. The van der Waals surface area contributed by atoms with Crippen LogP contribution in [0.25, 0.3) is 0 Å². The molecule has 3 heteroatoms. The third-order valence-corrected chi connectivity index (χ3v) is 4.56. The number of ether oxygens (including phenoxy) is 2. The zero-order valence-electron chi connectivity index (χ0n) is 12.8. The Morgan fingerprint density at radius 2 is 1.55 bits per heavy atom. The maximum Gasteiger partial charge on any atom is 0.161 e. The van der Waals surface area contributed by atoms with E-state index in [-0.39, 0.29) is 11.0 Å². The second-order valence-electron chi connectivity index (χ2n) is 7.22. The van der Waals surface area contributed by atoms with Gasteiger partial charge in [-0.15, -0.1) is 0 Å². The lowest BCUT2D eigenvalue weighted by Gasteiger charge is -2.27. The van der Waals surface area contributed by atoms with Gasteiger partial charge in [-0.2, -0.15) is 0 Å². The molecule has 0 aromatic heterocycles. The standard InChI is InChI=1S/C17H25NO2/c1-12-8-14-15(20-11-16(2,3)10-19-14)9-13(12)17(18)6-4-5-7-17/h8-9H,4-7,10-11,18H2,1-3H3. The smallest absolute Gasteiger partial charge is 0.161 e. The van der Waals surface area contributed by atoms with Crippen LogP contribution in [0.15, 0.2) is 12.1 Å². The highest BCUT2D eigenvalue weighted by atomic mass is 16.5. The maximum absolute atomic E-state index is 6.61. The molecule has 2 N–H and O–H groups in total. The molecule has 1 saturated carbocycles. The SMILES string of the molecule is Cc1cc2c(cc1C1(N)CCCC1)OCC(C)(C)CO2. The summed E-state index contributed by atoms with van der Waals surface area (Å²) in [5.41, 5.74) is 8.93. The van der Waals surface area contributed by atoms with Crippen LogP contribution in [0.4, 0.5) is 0 Å². The molecular weight excluding hydrogens is 250 g/mol. The lowest BCUT2D eigenvalue weighted by Crippen LogP contribution is -2.33. The summed E-state index contributed by atoms with van der Waals surface area (Å²) in [6.45, 7) is 7.82. The van der Waals surface area contributed by atoms with Crippen LogP contribution < -0.4 is 15.2 Å². The molecule has 2 aliphatic rings. The molecule has 0 amide bonds. The van der Waals surface area contributed by atoms with Gasteiger partial charge >= 0.3 is 0 Å². The third-order valence-electron chi connectivity index (χ3n) is 4.56. The fourth-order valence-electron chi connectivity index (χ4n) is 3.29. The molecule has 0 atom stereocenters. The quantitative estimate of drug-likeness (QED) is 0.853. The van der Waals surface area contributed by atoms with Crippen LogP contribution in [0.5, 0.6) is 11.5 Å². The van der Waals surface area contributed by atoms with Gasteiger partial charge in [-0.25, -0.2) is 0 Å². The first-order valence-electron chi connectivity index (χ1n) is 7.59. The van der Waals surface area contributed by atoms with E-state index >= 15 is 0 Å². The van der Waals surface area contributed by atoms with Crippen LogP contribution in [-0.4, -0.2) is 13.2 Å². The van der Waals surface area contributed by atoms with Gasteiger partial charge in [0.25, 0.3) is 0 Å². The largest absolute Gasteiger partial charge is 0.489 e. The summed E-state index contributed by atoms with van der Waals surface area (Å²) in [6.07, 6.45) is 4.58. The molecule has 110 valence electrons. The summed E-state index contributed by atoms with van der Waals surface area (Å²) >= 11 is 0. The maximum atomic E-state index is 6.61. The summed E-state index contributed by atoms with van der Waals surface area (Å²) in [5.74, 6) is 1.71. The second-order valence-corrected chi connectivity index (χ2v) is 7.22. The van der Waals surface area contributed by atoms with Crippen LogP contribution in [-0.2, 0) is 5.54 Å². The van der Waals surface area contributed by atoms with Crippen molar-refractivity contribution in [1.29, 1.82) is 0 Å². The summed E-state index contributed by atoms with van der Waals surface area (Å²) in [7, 11) is 0. The van der Waals surface area contributed by atoms with Crippen molar-refractivity contribution in [2.75, 3.05) is 13.2 Å². The molecule has 0 saturated heterocycles. The highest BCUT2D eigenvalue weighted by Crippen LogP contribution is 2.43. The van der Waals surface area contributed by atoms with E-state index in [1.807, 2.05) is 0 Å². The van der Waals surface area contributed by atoms with E-state index in [0.29, 0.717) is 13.2 Å². The molecule has 0 spiro atoms. The molecule has 3 nitrogen and oxygen atoms in total. The number of nitrogens with two attached hydrogens (primary N) is 1. The predicted octanol–water partition coefficient (Wildman–Crippen LogP) is 3.52. The van der Waals surface area contributed by atoms with Crippen LogP contribution in [0.1, 0.15) is 50.7 Å². The summed E-state index contributed by atoms with van der Waals surface area (Å²) < 4.78 is 11.9. The van der Waals surface area contributed by atoms with E-state index in [9.17, 15) is 0 Å². The normalized spacial score (nSPS) is 23.4. The molecule has 0 unspecified atom stereocenters. The lowest BCUT2D eigenvalue weighted by atomic mass is 9.86. The van der Waals surface area contributed by atoms with E-state index < -0.39 is 0 Å². The second kappa shape index (κ2) is 4.66. The van der Waals surface area contributed by atoms with Crippen molar-refractivity contribution >= 4 is 0 Å². The van der Waals surface area contributed by atoms with Crippen molar-refractivity contribution in [3.05, 3.63) is 23.3 Å². The lowest BCUT2D eigenvalue weighted by molar-refractivity contribution is 0.140. The molecule has 20 heavy (non-hydrogen) atoms. The zero-order chi connectivity index (χ0) is 14.4. The predicted molar refractivity (Wildman–Crippen MR) is 80.3 cm³/mol. The number of fused-ring (bicyclic) bond motifs is 1. The fraction of sp³-hybridized carbons (Fsp3) is 0.647. The molecular formula is C17H25NO2. The molecule has 3 rings (SSSR count). The first-order chi connectivity index (χ1) is 9.40. The Labute approximate surface area is 121 Å². The molecule has 1 aliphatic carbocycles. The van der Waals surface area contributed by atoms with Gasteiger partial charge in [-0.05, 0) is 43.0 Å². The molecule has 0 radical (unpaired) electrons. The molecule has 1 aliphatic heterocycles. The van der Waals surface area contributed by atoms with Crippen molar-refractivity contribution in [2.24, 2.45) is 11.1 Å². The summed E-state index contributed by atoms with van der Waals surface area (Å²) in [6, 6.07) is 4.22. The first-order valence-corrected chi connectivity index (χ1v) is 7.59. The van der Waals surface area contributed by atoms with Crippen molar-refractivity contribution < 1.29 is 9.47 Å². The van der Waals surface area contributed by atoms with Gasteiger partial charge in [0.05, 0.1) is 13.2 Å². The van der Waals surface area contributed by atoms with Gasteiger partial charge in [0.1, 0.15) is 0 Å². The highest BCUT2D eigenvalue weighted by Gasteiger charge is 2.34. The van der Waals surface area contributed by atoms with Gasteiger partial charge in [0.15, 0.2) is 11.5 Å². The number of hydrogen-bond donors (Lipinski definition) is 1. The van der Waals surface area contributed by atoms with Crippen LogP contribution >= 0.6 is 0 Å². The van der Waals surface area contributed by atoms with Crippen molar-refractivity contribution in [3.63, 3.8) is 0 Å². The number of benzene rings is 1. The van der Waals surface area contributed by atoms with E-state index in [1.165, 1.54) is 24.0 Å². The van der Waals surface area contributed by atoms with E-state index in [2.05, 4.69) is 32.9 Å². The molecule has 1 aromatic carbocycles. The average molecular weight is 275 g/mol. The van der Waals surface area contributed by atoms with E-state index in [0.717, 1.165) is 24.3 Å². The third kappa shape index (κ3) is 2.39. The Morgan fingerprint density at radius 3 is 2.15 bits per heavy atom. The van der Waals surface area contributed by atoms with Crippen LogP contribution in [0.3, 0.4) is 0 Å². The minimum atomic E-state index is -0.176. The number of rotatable bonds is 1. The topological polar surface area (TPSA) is 44.5 Å². The minimum Gasteiger partial charge on any atom is -0.489 e. The Balaban J connectivity index is 1.98. The summed E-state index contributed by atoms with van der Waals surface area (Å²) in [4.78, 5) is 0. The van der Waals surface area contributed by atoms with Crippen LogP contribution in [0.2, 0.25) is 0 Å². The number of hydrogen-bond acceptors (Lipinski definition) is 3. The fourth-order valence-corrected chi connectivity index (χ4v) is 3.29. The Morgan fingerprint density at radius 1 is 1.00 bits per heavy atom. The van der Waals surface area contributed by atoms with Gasteiger partial charge in [0, 0.05) is 11.0 Å². The van der Waals surface area contributed by atoms with Crippen molar-refractivity contribution in [1.82, 2.24) is 0 Å². The van der Waals surface area contributed by atoms with E-state index in [4.69, 9.17) is 15.2 Å². The van der Waals surface area contributed by atoms with Gasteiger partial charge in [-0.1, -0.05) is 26.7 Å². The highest BCUT2D eigenvalue weighted by molar-refractivity contribution is 5.50. The molecule has 1 heterocycles. The Bertz CT molecular complexity index is 516. The first kappa shape index (κ1) is 13.7. The van der Waals surface area contributed by atoms with Gasteiger partial charge in [0.2, 0.25) is 0 Å². The minimum absolute atomic E-state index is 0.0425. The van der Waals surface area contributed by atoms with Crippen molar-refractivity contribution in [2.45, 2.75) is 52.0 Å². The summed E-state index contributed by atoms with van der Waals surface area (Å²) in [5, 5.41) is 0.